The summed E-state index contributed by atoms with van der Waals surface area (Å²) in [6, 6.07) is 0. The van der Waals surface area contributed by atoms with Crippen molar-refractivity contribution in [1.29, 1.82) is 0 Å². The Morgan fingerprint density at radius 2 is 2.38 bits per heavy atom. The van der Waals surface area contributed by atoms with Crippen molar-refractivity contribution >= 4 is 28.2 Å². The van der Waals surface area contributed by atoms with Gasteiger partial charge >= 0.3 is 0 Å². The van der Waals surface area contributed by atoms with Crippen molar-refractivity contribution in [1.82, 2.24) is 14.6 Å². The summed E-state index contributed by atoms with van der Waals surface area (Å²) >= 11 is 2.18. The highest BCUT2D eigenvalue weighted by Gasteiger charge is 2.12. The summed E-state index contributed by atoms with van der Waals surface area (Å²) in [5.41, 5.74) is 1.54. The summed E-state index contributed by atoms with van der Waals surface area (Å²) in [6.07, 6.45) is 3.56. The maximum Gasteiger partial charge on any atom is 0.168 e. The van der Waals surface area contributed by atoms with Crippen molar-refractivity contribution in [3.63, 3.8) is 0 Å². The highest BCUT2D eigenvalue weighted by molar-refractivity contribution is 14.1. The van der Waals surface area contributed by atoms with Crippen LogP contribution in [0.2, 0.25) is 0 Å². The maximum absolute atomic E-state index is 9.40. The molecule has 1 atom stereocenters. The van der Waals surface area contributed by atoms with Gasteiger partial charge in [0.05, 0.1) is 34.9 Å². The molecule has 0 aliphatic heterocycles. The fraction of sp³-hybridized carbons (Fsp3) is 0.400. The zero-order chi connectivity index (χ0) is 11.7. The summed E-state index contributed by atoms with van der Waals surface area (Å²) in [4.78, 5) is 4.45. The largest absolute Gasteiger partial charge is 0.493 e. The highest BCUT2D eigenvalue weighted by atomic mass is 127. The predicted molar refractivity (Wildman–Crippen MR) is 67.6 cm³/mol. The van der Waals surface area contributed by atoms with Crippen LogP contribution in [0.3, 0.4) is 0 Å². The molecule has 0 aliphatic carbocycles. The molecule has 0 saturated heterocycles. The minimum absolute atomic E-state index is 0.440. The number of methoxy groups -OCH3 is 1. The Kier molecular flexibility index (Phi) is 3.29. The smallest absolute Gasteiger partial charge is 0.168 e. The Balaban J connectivity index is 2.56. The van der Waals surface area contributed by atoms with Crippen molar-refractivity contribution in [3.8, 4) is 5.75 Å². The lowest BCUT2D eigenvalue weighted by Crippen LogP contribution is -2.09. The van der Waals surface area contributed by atoms with E-state index in [0.29, 0.717) is 12.2 Å². The van der Waals surface area contributed by atoms with Gasteiger partial charge in [-0.1, -0.05) is 0 Å². The van der Waals surface area contributed by atoms with Crippen LogP contribution in [-0.4, -0.2) is 32.9 Å². The van der Waals surface area contributed by atoms with Crippen LogP contribution in [0.1, 0.15) is 12.6 Å². The molecule has 5 nitrogen and oxygen atoms in total. The first-order valence-corrected chi connectivity index (χ1v) is 5.94. The first kappa shape index (κ1) is 11.6. The number of aromatic nitrogens is 3. The van der Waals surface area contributed by atoms with Gasteiger partial charge in [-0.2, -0.15) is 5.10 Å². The summed E-state index contributed by atoms with van der Waals surface area (Å²) in [5, 5.41) is 13.5. The molecule has 86 valence electrons. The average Bonchev–Trinajstić information content (AvgIpc) is 2.58. The van der Waals surface area contributed by atoms with Gasteiger partial charge in [-0.05, 0) is 29.5 Å². The summed E-state index contributed by atoms with van der Waals surface area (Å²) in [7, 11) is 1.59. The van der Waals surface area contributed by atoms with Gasteiger partial charge in [0.1, 0.15) is 0 Å². The van der Waals surface area contributed by atoms with Crippen molar-refractivity contribution in [2.45, 2.75) is 19.4 Å². The SMILES string of the molecule is COc1cn2ncc(I)c2nc1CC(C)O. The summed E-state index contributed by atoms with van der Waals surface area (Å²) in [5.74, 6) is 0.646. The number of hydrogen-bond donors (Lipinski definition) is 1. The van der Waals surface area contributed by atoms with E-state index in [9.17, 15) is 5.11 Å². The second-order valence-electron chi connectivity index (χ2n) is 3.57. The standard InChI is InChI=1S/C10H12IN3O2/c1-6(15)3-8-9(16-2)5-14-10(13-8)7(11)4-12-14/h4-6,15H,3H2,1-2H3. The van der Waals surface area contributed by atoms with E-state index in [2.05, 4.69) is 32.7 Å². The van der Waals surface area contributed by atoms with Gasteiger partial charge in [0.15, 0.2) is 11.4 Å². The molecule has 0 bridgehead atoms. The number of rotatable bonds is 3. The van der Waals surface area contributed by atoms with Crippen molar-refractivity contribution in [2.24, 2.45) is 0 Å². The predicted octanol–water partition coefficient (Wildman–Crippen LogP) is 1.27. The molecule has 1 unspecified atom stereocenters. The van der Waals surface area contributed by atoms with Gasteiger partial charge in [-0.15, -0.1) is 0 Å². The Bertz CT molecular complexity index is 510. The second-order valence-corrected chi connectivity index (χ2v) is 4.73. The lowest BCUT2D eigenvalue weighted by molar-refractivity contribution is 0.192. The number of fused-ring (bicyclic) bond motifs is 1. The van der Waals surface area contributed by atoms with Crippen molar-refractivity contribution in [3.05, 3.63) is 21.7 Å². The monoisotopic (exact) mass is 333 g/mol. The Morgan fingerprint density at radius 1 is 1.62 bits per heavy atom. The molecule has 16 heavy (non-hydrogen) atoms. The third-order valence-corrected chi connectivity index (χ3v) is 2.96. The molecule has 0 amide bonds. The van der Waals surface area contributed by atoms with Crippen LogP contribution in [0.4, 0.5) is 0 Å². The number of ether oxygens (including phenoxy) is 1. The number of aliphatic hydroxyl groups excluding tert-OH is 1. The van der Waals surface area contributed by atoms with E-state index >= 15 is 0 Å². The van der Waals surface area contributed by atoms with E-state index in [4.69, 9.17) is 4.74 Å². The van der Waals surface area contributed by atoms with E-state index in [1.807, 2.05) is 0 Å². The molecule has 6 heteroatoms. The van der Waals surface area contributed by atoms with Crippen LogP contribution in [0.5, 0.6) is 5.75 Å². The maximum atomic E-state index is 9.40. The van der Waals surface area contributed by atoms with E-state index < -0.39 is 6.10 Å². The van der Waals surface area contributed by atoms with Gasteiger partial charge in [-0.3, -0.25) is 0 Å². The van der Waals surface area contributed by atoms with Crippen LogP contribution < -0.4 is 4.74 Å². The quantitative estimate of drug-likeness (QED) is 0.860. The average molecular weight is 333 g/mol. The van der Waals surface area contributed by atoms with Crippen LogP contribution >= 0.6 is 22.6 Å². The van der Waals surface area contributed by atoms with E-state index in [1.165, 1.54) is 0 Å². The summed E-state index contributed by atoms with van der Waals surface area (Å²) < 4.78 is 7.88. The fourth-order valence-electron chi connectivity index (χ4n) is 1.50. The molecular weight excluding hydrogens is 321 g/mol. The van der Waals surface area contributed by atoms with Gasteiger partial charge in [0.25, 0.3) is 0 Å². The number of hydrogen-bond acceptors (Lipinski definition) is 4. The van der Waals surface area contributed by atoms with Gasteiger partial charge in [-0.25, -0.2) is 9.50 Å². The van der Waals surface area contributed by atoms with E-state index in [1.54, 1.807) is 30.9 Å². The Hall–Kier alpha value is -0.890. The number of nitrogens with zero attached hydrogens (tertiary/aromatic N) is 3. The molecule has 0 saturated carbocycles. The zero-order valence-electron chi connectivity index (χ0n) is 9.01. The topological polar surface area (TPSA) is 59.7 Å². The van der Waals surface area contributed by atoms with Gasteiger partial charge in [0.2, 0.25) is 0 Å². The molecule has 0 aliphatic rings. The van der Waals surface area contributed by atoms with Crippen LogP contribution in [0.15, 0.2) is 12.4 Å². The fourth-order valence-corrected chi connectivity index (χ4v) is 1.99. The normalized spacial score (nSPS) is 13.0. The lowest BCUT2D eigenvalue weighted by Gasteiger charge is -2.09. The first-order chi connectivity index (χ1) is 7.61. The molecule has 0 spiro atoms. The van der Waals surface area contributed by atoms with E-state index in [-0.39, 0.29) is 0 Å². The van der Waals surface area contributed by atoms with Crippen molar-refractivity contribution in [2.75, 3.05) is 7.11 Å². The van der Waals surface area contributed by atoms with Crippen LogP contribution in [-0.2, 0) is 6.42 Å². The lowest BCUT2D eigenvalue weighted by atomic mass is 10.2. The summed E-state index contributed by atoms with van der Waals surface area (Å²) in [6.45, 7) is 1.73. The molecule has 2 aromatic heterocycles. The number of aliphatic hydroxyl groups is 1. The van der Waals surface area contributed by atoms with E-state index in [0.717, 1.165) is 14.9 Å². The molecule has 0 radical (unpaired) electrons. The second kappa shape index (κ2) is 4.54. The Morgan fingerprint density at radius 3 is 3.00 bits per heavy atom. The number of halogens is 1. The molecule has 2 rings (SSSR count). The van der Waals surface area contributed by atoms with Gasteiger partial charge < -0.3 is 9.84 Å². The molecule has 0 fully saturated rings. The molecule has 2 heterocycles. The van der Waals surface area contributed by atoms with Crippen molar-refractivity contribution < 1.29 is 9.84 Å². The molecule has 1 N–H and O–H groups in total. The van der Waals surface area contributed by atoms with Gasteiger partial charge in [0, 0.05) is 6.42 Å². The minimum Gasteiger partial charge on any atom is -0.493 e. The van der Waals surface area contributed by atoms with Crippen LogP contribution in [0.25, 0.3) is 5.65 Å². The first-order valence-electron chi connectivity index (χ1n) is 4.86. The molecular formula is C10H12IN3O2. The van der Waals surface area contributed by atoms with Crippen LogP contribution in [0, 0.1) is 3.57 Å². The third-order valence-electron chi connectivity index (χ3n) is 2.20. The third kappa shape index (κ3) is 2.12. The zero-order valence-corrected chi connectivity index (χ0v) is 11.2. The molecule has 2 aromatic rings. The minimum atomic E-state index is -0.440. The highest BCUT2D eigenvalue weighted by Crippen LogP contribution is 2.20. The Labute approximate surface area is 107 Å². The molecule has 0 aromatic carbocycles.